The van der Waals surface area contributed by atoms with E-state index in [4.69, 9.17) is 4.42 Å². The molecule has 1 heterocycles. The fraction of sp³-hybridized carbons (Fsp3) is 0.444. The van der Waals surface area contributed by atoms with Gasteiger partial charge in [0.05, 0.1) is 12.3 Å². The van der Waals surface area contributed by atoms with Crippen molar-refractivity contribution in [1.29, 1.82) is 0 Å². The molecule has 0 radical (unpaired) electrons. The van der Waals surface area contributed by atoms with E-state index in [1.165, 1.54) is 31.2 Å². The Bertz CT molecular complexity index is 548. The highest BCUT2D eigenvalue weighted by Gasteiger charge is 2.40. The van der Waals surface area contributed by atoms with Crippen molar-refractivity contribution in [2.24, 2.45) is 11.8 Å². The summed E-state index contributed by atoms with van der Waals surface area (Å²) in [5, 5.41) is 3.87. The lowest BCUT2D eigenvalue weighted by atomic mass is 9.93. The highest BCUT2D eigenvalue weighted by Crippen LogP contribution is 2.45. The number of hydrogen-bond donors (Lipinski definition) is 1. The molecule has 2 aliphatic carbocycles. The maximum absolute atomic E-state index is 5.68. The predicted octanol–water partition coefficient (Wildman–Crippen LogP) is 4.15. The van der Waals surface area contributed by atoms with Crippen LogP contribution >= 0.6 is 0 Å². The quantitative estimate of drug-likeness (QED) is 0.900. The molecule has 0 aliphatic heterocycles. The topological polar surface area (TPSA) is 25.2 Å². The zero-order valence-corrected chi connectivity index (χ0v) is 11.7. The van der Waals surface area contributed by atoms with E-state index in [1.54, 1.807) is 6.26 Å². The van der Waals surface area contributed by atoms with E-state index in [2.05, 4.69) is 41.7 Å². The molecular weight excluding hydrogens is 246 g/mol. The summed E-state index contributed by atoms with van der Waals surface area (Å²) in [4.78, 5) is 0. The van der Waals surface area contributed by atoms with Crippen LogP contribution in [-0.2, 0) is 0 Å². The Balaban J connectivity index is 1.59. The molecule has 2 nitrogen and oxygen atoms in total. The van der Waals surface area contributed by atoms with Gasteiger partial charge in [0.2, 0.25) is 0 Å². The lowest BCUT2D eigenvalue weighted by Gasteiger charge is -2.28. The Morgan fingerprint density at radius 1 is 1.00 bits per heavy atom. The summed E-state index contributed by atoms with van der Waals surface area (Å²) in [7, 11) is 0. The lowest BCUT2D eigenvalue weighted by molar-refractivity contribution is 0.316. The Morgan fingerprint density at radius 2 is 1.90 bits per heavy atom. The molecule has 2 saturated carbocycles. The van der Waals surface area contributed by atoms with E-state index in [-0.39, 0.29) is 6.04 Å². The molecule has 4 unspecified atom stereocenters. The number of fused-ring (bicyclic) bond motifs is 2. The molecule has 104 valence electrons. The minimum absolute atomic E-state index is 0.190. The summed E-state index contributed by atoms with van der Waals surface area (Å²) >= 11 is 0. The Hall–Kier alpha value is -1.54. The number of furan rings is 1. The van der Waals surface area contributed by atoms with Crippen molar-refractivity contribution in [2.45, 2.75) is 37.8 Å². The first-order valence-corrected chi connectivity index (χ1v) is 7.74. The molecule has 4 atom stereocenters. The van der Waals surface area contributed by atoms with Gasteiger partial charge in [-0.05, 0) is 48.8 Å². The summed E-state index contributed by atoms with van der Waals surface area (Å²) in [6, 6.07) is 15.6. The third-order valence-corrected chi connectivity index (χ3v) is 5.08. The van der Waals surface area contributed by atoms with Crippen LogP contribution in [0.25, 0.3) is 0 Å². The van der Waals surface area contributed by atoms with Crippen LogP contribution in [0.3, 0.4) is 0 Å². The van der Waals surface area contributed by atoms with Gasteiger partial charge < -0.3 is 9.73 Å². The molecule has 0 spiro atoms. The summed E-state index contributed by atoms with van der Waals surface area (Å²) < 4.78 is 5.68. The second kappa shape index (κ2) is 5.10. The zero-order chi connectivity index (χ0) is 13.4. The summed E-state index contributed by atoms with van der Waals surface area (Å²) in [6.07, 6.45) is 7.39. The first kappa shape index (κ1) is 12.2. The number of nitrogens with one attached hydrogen (secondary N) is 1. The molecule has 20 heavy (non-hydrogen) atoms. The van der Waals surface area contributed by atoms with E-state index >= 15 is 0 Å². The van der Waals surface area contributed by atoms with E-state index in [0.29, 0.717) is 6.04 Å². The van der Waals surface area contributed by atoms with Crippen LogP contribution in [0.5, 0.6) is 0 Å². The first-order valence-electron chi connectivity index (χ1n) is 7.74. The largest absolute Gasteiger partial charge is 0.467 e. The molecule has 1 N–H and O–H groups in total. The van der Waals surface area contributed by atoms with Crippen molar-refractivity contribution < 1.29 is 4.42 Å². The molecule has 2 aliphatic rings. The third kappa shape index (κ3) is 2.18. The van der Waals surface area contributed by atoms with Gasteiger partial charge in [-0.15, -0.1) is 0 Å². The molecule has 0 amide bonds. The highest BCUT2D eigenvalue weighted by atomic mass is 16.3. The van der Waals surface area contributed by atoms with E-state index in [0.717, 1.165) is 17.6 Å². The fourth-order valence-corrected chi connectivity index (χ4v) is 4.11. The van der Waals surface area contributed by atoms with Crippen molar-refractivity contribution in [1.82, 2.24) is 5.32 Å². The normalized spacial score (nSPS) is 29.7. The Kier molecular flexibility index (Phi) is 3.12. The monoisotopic (exact) mass is 267 g/mol. The predicted molar refractivity (Wildman–Crippen MR) is 79.4 cm³/mol. The molecule has 2 bridgehead atoms. The molecule has 2 fully saturated rings. The van der Waals surface area contributed by atoms with Gasteiger partial charge in [0.15, 0.2) is 0 Å². The Labute approximate surface area is 120 Å². The molecular formula is C18H21NO. The first-order chi connectivity index (χ1) is 9.90. The van der Waals surface area contributed by atoms with Gasteiger partial charge in [-0.25, -0.2) is 0 Å². The van der Waals surface area contributed by atoms with E-state index < -0.39 is 0 Å². The molecule has 1 aromatic heterocycles. The standard InChI is InChI=1S/C18H21NO/c1-2-5-14(6-3-1)18(17-7-4-10-20-17)19-16-12-13-8-9-15(16)11-13/h1-7,10,13,15-16,18-19H,8-9,11-12H2. The van der Waals surface area contributed by atoms with Crippen molar-refractivity contribution in [3.63, 3.8) is 0 Å². The maximum Gasteiger partial charge on any atom is 0.125 e. The molecule has 0 saturated heterocycles. The van der Waals surface area contributed by atoms with Gasteiger partial charge in [-0.2, -0.15) is 0 Å². The van der Waals surface area contributed by atoms with Crippen molar-refractivity contribution >= 4 is 0 Å². The number of rotatable bonds is 4. The molecule has 1 aromatic carbocycles. The fourth-order valence-electron chi connectivity index (χ4n) is 4.11. The van der Waals surface area contributed by atoms with Gasteiger partial charge >= 0.3 is 0 Å². The van der Waals surface area contributed by atoms with Gasteiger partial charge in [-0.1, -0.05) is 36.8 Å². The second-order valence-corrected chi connectivity index (χ2v) is 6.31. The van der Waals surface area contributed by atoms with Crippen LogP contribution in [0.2, 0.25) is 0 Å². The van der Waals surface area contributed by atoms with Gasteiger partial charge in [0.25, 0.3) is 0 Å². The van der Waals surface area contributed by atoms with Crippen LogP contribution in [0.15, 0.2) is 53.1 Å². The maximum atomic E-state index is 5.68. The van der Waals surface area contributed by atoms with Gasteiger partial charge in [0.1, 0.15) is 5.76 Å². The van der Waals surface area contributed by atoms with Crippen LogP contribution in [0, 0.1) is 11.8 Å². The van der Waals surface area contributed by atoms with E-state index in [1.807, 2.05) is 6.07 Å². The molecule has 2 aromatic rings. The number of hydrogen-bond acceptors (Lipinski definition) is 2. The van der Waals surface area contributed by atoms with Crippen molar-refractivity contribution in [2.75, 3.05) is 0 Å². The average Bonchev–Trinajstić information content (AvgIpc) is 3.23. The lowest BCUT2D eigenvalue weighted by Crippen LogP contribution is -2.37. The minimum Gasteiger partial charge on any atom is -0.467 e. The third-order valence-electron chi connectivity index (χ3n) is 5.08. The SMILES string of the molecule is c1ccc(C(NC2CC3CCC2C3)c2ccco2)cc1. The summed E-state index contributed by atoms with van der Waals surface area (Å²) in [6.45, 7) is 0. The number of benzene rings is 1. The molecule has 2 heteroatoms. The zero-order valence-electron chi connectivity index (χ0n) is 11.7. The second-order valence-electron chi connectivity index (χ2n) is 6.31. The van der Waals surface area contributed by atoms with Crippen molar-refractivity contribution in [3.05, 3.63) is 60.1 Å². The van der Waals surface area contributed by atoms with Crippen molar-refractivity contribution in [3.8, 4) is 0 Å². The smallest absolute Gasteiger partial charge is 0.125 e. The summed E-state index contributed by atoms with van der Waals surface area (Å²) in [5.74, 6) is 2.87. The Morgan fingerprint density at radius 3 is 2.55 bits per heavy atom. The summed E-state index contributed by atoms with van der Waals surface area (Å²) in [5.41, 5.74) is 1.30. The van der Waals surface area contributed by atoms with Crippen LogP contribution in [0.4, 0.5) is 0 Å². The van der Waals surface area contributed by atoms with Crippen LogP contribution in [-0.4, -0.2) is 6.04 Å². The molecule has 4 rings (SSSR count). The average molecular weight is 267 g/mol. The van der Waals surface area contributed by atoms with Crippen LogP contribution < -0.4 is 5.32 Å². The van der Waals surface area contributed by atoms with Gasteiger partial charge in [0, 0.05) is 6.04 Å². The van der Waals surface area contributed by atoms with E-state index in [9.17, 15) is 0 Å². The van der Waals surface area contributed by atoms with Crippen LogP contribution in [0.1, 0.15) is 43.0 Å². The van der Waals surface area contributed by atoms with Gasteiger partial charge in [-0.3, -0.25) is 0 Å². The highest BCUT2D eigenvalue weighted by molar-refractivity contribution is 5.26. The minimum atomic E-state index is 0.190.